The van der Waals surface area contributed by atoms with Crippen LogP contribution in [0.25, 0.3) is 0 Å². The molecule has 0 aromatic carbocycles. The van der Waals surface area contributed by atoms with Gasteiger partial charge in [-0.2, -0.15) is 0 Å². The van der Waals surface area contributed by atoms with Crippen LogP contribution in [0.2, 0.25) is 5.15 Å². The number of amides is 1. The molecule has 1 aromatic rings. The number of nitrogens with zero attached hydrogens (tertiary/aromatic N) is 4. The summed E-state index contributed by atoms with van der Waals surface area (Å²) in [5.41, 5.74) is 0.456. The van der Waals surface area contributed by atoms with Crippen molar-refractivity contribution in [2.75, 3.05) is 29.9 Å². The molecule has 2 aliphatic heterocycles. The number of anilines is 2. The summed E-state index contributed by atoms with van der Waals surface area (Å²) in [6.45, 7) is 9.63. The average Bonchev–Trinajstić information content (AvgIpc) is 2.46. The molecule has 23 heavy (non-hydrogen) atoms. The van der Waals surface area contributed by atoms with Crippen LogP contribution in [0.5, 0.6) is 0 Å². The van der Waals surface area contributed by atoms with E-state index in [0.29, 0.717) is 24.8 Å². The Hall–Kier alpha value is -1.76. The largest absolute Gasteiger partial charge is 0.444 e. The van der Waals surface area contributed by atoms with E-state index in [1.807, 2.05) is 26.8 Å². The summed E-state index contributed by atoms with van der Waals surface area (Å²) in [5.74, 6) is 0.740. The monoisotopic (exact) mass is 339 g/mol. The van der Waals surface area contributed by atoms with Gasteiger partial charge in [0.1, 0.15) is 5.60 Å². The highest BCUT2D eigenvalue weighted by Gasteiger charge is 2.39. The average molecular weight is 340 g/mol. The number of halogens is 1. The fraction of sp³-hybridized carbons (Fsp3) is 0.667. The van der Waals surface area contributed by atoms with Crippen molar-refractivity contribution >= 4 is 29.2 Å². The van der Waals surface area contributed by atoms with Gasteiger partial charge in [0, 0.05) is 31.7 Å². The lowest BCUT2D eigenvalue weighted by Crippen LogP contribution is -2.62. The Morgan fingerprint density at radius 3 is 2.83 bits per heavy atom. The molecule has 1 saturated heterocycles. The van der Waals surface area contributed by atoms with Crippen molar-refractivity contribution in [3.63, 3.8) is 0 Å². The summed E-state index contributed by atoms with van der Waals surface area (Å²) in [4.78, 5) is 16.3. The third-order valence-electron chi connectivity index (χ3n) is 4.07. The number of fused-ring (bicyclic) bond motifs is 3. The summed E-state index contributed by atoms with van der Waals surface area (Å²) in [7, 11) is 0. The van der Waals surface area contributed by atoms with E-state index in [1.165, 1.54) is 0 Å². The number of ether oxygens (including phenoxy) is 1. The molecule has 126 valence electrons. The highest BCUT2D eigenvalue weighted by Crippen LogP contribution is 2.35. The predicted octanol–water partition coefficient (Wildman–Crippen LogP) is 2.37. The van der Waals surface area contributed by atoms with Crippen molar-refractivity contribution < 1.29 is 9.53 Å². The van der Waals surface area contributed by atoms with E-state index in [9.17, 15) is 4.79 Å². The van der Waals surface area contributed by atoms with Crippen LogP contribution in [0.1, 0.15) is 27.7 Å². The molecule has 3 rings (SSSR count). The molecule has 0 bridgehead atoms. The van der Waals surface area contributed by atoms with Crippen LogP contribution in [-0.4, -0.2) is 58.5 Å². The van der Waals surface area contributed by atoms with E-state index in [-0.39, 0.29) is 18.2 Å². The zero-order valence-electron chi connectivity index (χ0n) is 13.8. The molecule has 7 nitrogen and oxygen atoms in total. The van der Waals surface area contributed by atoms with E-state index < -0.39 is 5.60 Å². The van der Waals surface area contributed by atoms with E-state index in [4.69, 9.17) is 16.3 Å². The van der Waals surface area contributed by atoms with Gasteiger partial charge in [0.05, 0.1) is 11.7 Å². The number of rotatable bonds is 0. The molecule has 0 spiro atoms. The molecule has 0 unspecified atom stereocenters. The first-order chi connectivity index (χ1) is 10.7. The first-order valence-electron chi connectivity index (χ1n) is 7.79. The van der Waals surface area contributed by atoms with Gasteiger partial charge in [-0.15, -0.1) is 10.2 Å². The first kappa shape index (κ1) is 16.1. The summed E-state index contributed by atoms with van der Waals surface area (Å²) in [6.07, 6.45) is -0.263. The number of hydrogen-bond donors (Lipinski definition) is 1. The maximum atomic E-state index is 12.3. The molecule has 0 aliphatic carbocycles. The van der Waals surface area contributed by atoms with Gasteiger partial charge in [-0.3, -0.25) is 0 Å². The summed E-state index contributed by atoms with van der Waals surface area (Å²) in [6, 6.07) is 2.10. The molecule has 1 aromatic heterocycles. The third kappa shape index (κ3) is 3.29. The summed E-state index contributed by atoms with van der Waals surface area (Å²) in [5, 5.41) is 11.7. The minimum Gasteiger partial charge on any atom is -0.444 e. The van der Waals surface area contributed by atoms with Gasteiger partial charge in [0.15, 0.2) is 11.0 Å². The molecule has 0 radical (unpaired) electrons. The van der Waals surface area contributed by atoms with Crippen molar-refractivity contribution in [3.8, 4) is 0 Å². The van der Waals surface area contributed by atoms with Crippen molar-refractivity contribution in [1.82, 2.24) is 15.1 Å². The van der Waals surface area contributed by atoms with Gasteiger partial charge in [-0.1, -0.05) is 11.6 Å². The molecule has 0 saturated carbocycles. The zero-order chi connectivity index (χ0) is 16.8. The zero-order valence-corrected chi connectivity index (χ0v) is 14.6. The molecule has 1 fully saturated rings. The van der Waals surface area contributed by atoms with Gasteiger partial charge in [-0.05, 0) is 27.7 Å². The van der Waals surface area contributed by atoms with Crippen molar-refractivity contribution in [2.45, 2.75) is 45.4 Å². The van der Waals surface area contributed by atoms with Crippen LogP contribution >= 0.6 is 11.6 Å². The normalized spacial score (nSPS) is 23.7. The Bertz CT molecular complexity index is 618. The minimum absolute atomic E-state index is 0.142. The van der Waals surface area contributed by atoms with Crippen LogP contribution in [-0.2, 0) is 4.74 Å². The topological polar surface area (TPSA) is 70.6 Å². The smallest absolute Gasteiger partial charge is 0.410 e. The number of nitrogens with one attached hydrogen (secondary N) is 1. The number of hydrogen-bond acceptors (Lipinski definition) is 6. The lowest BCUT2D eigenvalue weighted by molar-refractivity contribution is 0.0210. The number of aromatic nitrogens is 2. The Morgan fingerprint density at radius 2 is 2.13 bits per heavy atom. The molecule has 3 heterocycles. The van der Waals surface area contributed by atoms with E-state index in [2.05, 4.69) is 27.3 Å². The Morgan fingerprint density at radius 1 is 1.39 bits per heavy atom. The third-order valence-corrected chi connectivity index (χ3v) is 4.25. The predicted molar refractivity (Wildman–Crippen MR) is 89.1 cm³/mol. The fourth-order valence-corrected chi connectivity index (χ4v) is 3.16. The van der Waals surface area contributed by atoms with E-state index in [0.717, 1.165) is 11.5 Å². The first-order valence-corrected chi connectivity index (χ1v) is 8.17. The molecule has 1 amide bonds. The second kappa shape index (κ2) is 5.70. The lowest BCUT2D eigenvalue weighted by Gasteiger charge is -2.48. The summed E-state index contributed by atoms with van der Waals surface area (Å²) < 4.78 is 5.49. The van der Waals surface area contributed by atoms with E-state index in [1.54, 1.807) is 4.90 Å². The fourth-order valence-electron chi connectivity index (χ4n) is 3.02. The summed E-state index contributed by atoms with van der Waals surface area (Å²) >= 11 is 5.98. The molecule has 1 N–H and O–H groups in total. The highest BCUT2D eigenvalue weighted by molar-refractivity contribution is 6.29. The maximum Gasteiger partial charge on any atom is 0.410 e. The van der Waals surface area contributed by atoms with Crippen molar-refractivity contribution in [3.05, 3.63) is 11.2 Å². The van der Waals surface area contributed by atoms with Crippen LogP contribution in [0.3, 0.4) is 0 Å². The van der Waals surface area contributed by atoms with E-state index >= 15 is 0 Å². The number of carbonyl (C=O) groups excluding carboxylic acids is 1. The van der Waals surface area contributed by atoms with Crippen molar-refractivity contribution in [2.24, 2.45) is 0 Å². The van der Waals surface area contributed by atoms with Crippen LogP contribution in [0.15, 0.2) is 6.07 Å². The van der Waals surface area contributed by atoms with Gasteiger partial charge in [-0.25, -0.2) is 4.79 Å². The van der Waals surface area contributed by atoms with Crippen LogP contribution in [0.4, 0.5) is 16.3 Å². The van der Waals surface area contributed by atoms with Gasteiger partial charge in [0.2, 0.25) is 0 Å². The Labute approximate surface area is 140 Å². The standard InChI is InChI=1S/C15H22ClN5O2/c1-9-11-8-20(14(22)23-15(2,3)4)5-6-21(11)10-7-12(16)18-19-13(10)17-9/h7,9,11H,5-6,8H2,1-4H3,(H,17,19)/t9-,11-/m0/s1. The second-order valence-corrected chi connectivity index (χ2v) is 7.41. The molecule has 2 atom stereocenters. The van der Waals surface area contributed by atoms with Gasteiger partial charge in [0.25, 0.3) is 0 Å². The Kier molecular flexibility index (Phi) is 4.00. The second-order valence-electron chi connectivity index (χ2n) is 7.02. The van der Waals surface area contributed by atoms with Crippen LogP contribution < -0.4 is 10.2 Å². The quantitative estimate of drug-likeness (QED) is 0.782. The molecular weight excluding hydrogens is 318 g/mol. The van der Waals surface area contributed by atoms with Crippen molar-refractivity contribution in [1.29, 1.82) is 0 Å². The minimum atomic E-state index is -0.486. The molecule has 8 heteroatoms. The number of carbonyl (C=O) groups is 1. The highest BCUT2D eigenvalue weighted by atomic mass is 35.5. The lowest BCUT2D eigenvalue weighted by atomic mass is 10.0. The van der Waals surface area contributed by atoms with Gasteiger partial charge >= 0.3 is 6.09 Å². The maximum absolute atomic E-state index is 12.3. The Balaban J connectivity index is 1.78. The molecular formula is C15H22ClN5O2. The molecule has 2 aliphatic rings. The van der Waals surface area contributed by atoms with Gasteiger partial charge < -0.3 is 19.9 Å². The number of piperazine rings is 1. The SMILES string of the molecule is C[C@@H]1Nc2nnc(Cl)cc2N2CCN(C(=O)OC(C)(C)C)C[C@@H]12. The van der Waals surface area contributed by atoms with Crippen LogP contribution in [0, 0.1) is 0 Å².